The van der Waals surface area contributed by atoms with Crippen LogP contribution in [0.1, 0.15) is 11.3 Å². The van der Waals surface area contributed by atoms with Crippen molar-refractivity contribution in [2.24, 2.45) is 0 Å². The number of rotatable bonds is 1. The molecule has 0 aliphatic rings. The molecule has 2 heteroatoms. The van der Waals surface area contributed by atoms with Crippen molar-refractivity contribution in [1.29, 1.82) is 0 Å². The summed E-state index contributed by atoms with van der Waals surface area (Å²) in [4.78, 5) is 6.73. The molecule has 0 atom stereocenters. The Balaban J connectivity index is 2.86. The summed E-state index contributed by atoms with van der Waals surface area (Å²) < 4.78 is 0. The lowest BCUT2D eigenvalue weighted by atomic mass is 10.1. The largest absolute Gasteiger partial charge is 0.377 e. The number of pyridine rings is 1. The fourth-order valence-corrected chi connectivity index (χ4v) is 1.87. The van der Waals surface area contributed by atoms with Gasteiger partial charge in [0.1, 0.15) is 0 Å². The van der Waals surface area contributed by atoms with Gasteiger partial charge in [-0.15, -0.1) is 0 Å². The molecule has 1 aromatic heterocycles. The van der Waals surface area contributed by atoms with Gasteiger partial charge in [0.25, 0.3) is 0 Å². The number of anilines is 1. The molecule has 15 heavy (non-hydrogen) atoms. The molecular formula is C13H16N2. The maximum Gasteiger partial charge on any atom is 0.0755 e. The summed E-state index contributed by atoms with van der Waals surface area (Å²) in [5.74, 6) is 0. The number of hydrogen-bond donors (Lipinski definition) is 0. The van der Waals surface area contributed by atoms with Crippen LogP contribution in [0.2, 0.25) is 0 Å². The SMILES string of the molecule is Cc1cc(N(C)C)c2cccc(C)c2n1. The highest BCUT2D eigenvalue weighted by Crippen LogP contribution is 2.26. The highest BCUT2D eigenvalue weighted by Gasteiger charge is 2.06. The molecule has 0 fully saturated rings. The van der Waals surface area contributed by atoms with E-state index in [2.05, 4.69) is 55.2 Å². The first kappa shape index (κ1) is 9.97. The van der Waals surface area contributed by atoms with Crippen LogP contribution in [-0.4, -0.2) is 19.1 Å². The standard InChI is InChI=1S/C13H16N2/c1-9-6-5-7-11-12(15(3)4)8-10(2)14-13(9)11/h5-8H,1-4H3. The van der Waals surface area contributed by atoms with E-state index in [1.165, 1.54) is 16.6 Å². The van der Waals surface area contributed by atoms with Gasteiger partial charge in [-0.1, -0.05) is 18.2 Å². The highest BCUT2D eigenvalue weighted by atomic mass is 15.1. The number of nitrogens with zero attached hydrogens (tertiary/aromatic N) is 2. The molecule has 0 saturated carbocycles. The van der Waals surface area contributed by atoms with Crippen molar-refractivity contribution in [3.63, 3.8) is 0 Å². The molecule has 0 N–H and O–H groups in total. The molecule has 0 radical (unpaired) electrons. The number of para-hydroxylation sites is 1. The summed E-state index contributed by atoms with van der Waals surface area (Å²) in [7, 11) is 4.13. The zero-order chi connectivity index (χ0) is 11.0. The number of fused-ring (bicyclic) bond motifs is 1. The van der Waals surface area contributed by atoms with E-state index in [4.69, 9.17) is 0 Å². The molecule has 0 unspecified atom stereocenters. The predicted molar refractivity (Wildman–Crippen MR) is 65.5 cm³/mol. The van der Waals surface area contributed by atoms with E-state index < -0.39 is 0 Å². The van der Waals surface area contributed by atoms with Crippen LogP contribution in [0.4, 0.5) is 5.69 Å². The highest BCUT2D eigenvalue weighted by molar-refractivity contribution is 5.93. The Hall–Kier alpha value is -1.57. The van der Waals surface area contributed by atoms with Crippen LogP contribution < -0.4 is 4.90 Å². The van der Waals surface area contributed by atoms with Crippen LogP contribution >= 0.6 is 0 Å². The smallest absolute Gasteiger partial charge is 0.0755 e. The second kappa shape index (κ2) is 3.54. The van der Waals surface area contributed by atoms with Gasteiger partial charge in [-0.25, -0.2) is 0 Å². The number of aryl methyl sites for hydroxylation is 2. The zero-order valence-electron chi connectivity index (χ0n) is 9.70. The van der Waals surface area contributed by atoms with Crippen molar-refractivity contribution in [2.75, 3.05) is 19.0 Å². The second-order valence-corrected chi connectivity index (χ2v) is 4.15. The van der Waals surface area contributed by atoms with Crippen molar-refractivity contribution in [2.45, 2.75) is 13.8 Å². The van der Waals surface area contributed by atoms with Crippen LogP contribution in [0.5, 0.6) is 0 Å². The molecule has 0 amide bonds. The average molecular weight is 200 g/mol. The first-order valence-electron chi connectivity index (χ1n) is 5.14. The van der Waals surface area contributed by atoms with E-state index in [0.29, 0.717) is 0 Å². The van der Waals surface area contributed by atoms with Gasteiger partial charge in [-0.2, -0.15) is 0 Å². The first-order chi connectivity index (χ1) is 7.09. The Labute approximate surface area is 90.6 Å². The predicted octanol–water partition coefficient (Wildman–Crippen LogP) is 2.92. The number of hydrogen-bond acceptors (Lipinski definition) is 2. The third-order valence-corrected chi connectivity index (χ3v) is 2.63. The van der Waals surface area contributed by atoms with Gasteiger partial charge in [0.05, 0.1) is 5.52 Å². The van der Waals surface area contributed by atoms with Crippen LogP contribution in [0, 0.1) is 13.8 Å². The normalized spacial score (nSPS) is 10.7. The van der Waals surface area contributed by atoms with Crippen molar-refractivity contribution in [1.82, 2.24) is 4.98 Å². The third kappa shape index (κ3) is 1.67. The third-order valence-electron chi connectivity index (χ3n) is 2.63. The fraction of sp³-hybridized carbons (Fsp3) is 0.308. The summed E-state index contributed by atoms with van der Waals surface area (Å²) in [6, 6.07) is 8.45. The maximum absolute atomic E-state index is 4.59. The van der Waals surface area contributed by atoms with Gasteiger partial charge in [0, 0.05) is 30.9 Å². The zero-order valence-corrected chi connectivity index (χ0v) is 9.70. The van der Waals surface area contributed by atoms with Crippen molar-refractivity contribution < 1.29 is 0 Å². The van der Waals surface area contributed by atoms with Crippen molar-refractivity contribution >= 4 is 16.6 Å². The first-order valence-corrected chi connectivity index (χ1v) is 5.14. The molecule has 2 aromatic rings. The van der Waals surface area contributed by atoms with Crippen LogP contribution in [-0.2, 0) is 0 Å². The summed E-state index contributed by atoms with van der Waals surface area (Å²) in [5, 5.41) is 1.23. The molecular weight excluding hydrogens is 184 g/mol. The Morgan fingerprint density at radius 2 is 1.87 bits per heavy atom. The summed E-state index contributed by atoms with van der Waals surface area (Å²) >= 11 is 0. The van der Waals surface area contributed by atoms with Gasteiger partial charge >= 0.3 is 0 Å². The van der Waals surface area contributed by atoms with Crippen LogP contribution in [0.3, 0.4) is 0 Å². The minimum atomic E-state index is 1.07. The topological polar surface area (TPSA) is 16.1 Å². The number of aromatic nitrogens is 1. The van der Waals surface area contributed by atoms with E-state index in [-0.39, 0.29) is 0 Å². The molecule has 0 aliphatic carbocycles. The van der Waals surface area contributed by atoms with Gasteiger partial charge in [0.15, 0.2) is 0 Å². The van der Waals surface area contributed by atoms with Crippen molar-refractivity contribution in [3.05, 3.63) is 35.5 Å². The molecule has 0 spiro atoms. The monoisotopic (exact) mass is 200 g/mol. The van der Waals surface area contributed by atoms with Gasteiger partial charge in [-0.3, -0.25) is 4.98 Å². The summed E-state index contributed by atoms with van der Waals surface area (Å²) in [6.07, 6.45) is 0. The Bertz CT molecular complexity index is 501. The fourth-order valence-electron chi connectivity index (χ4n) is 1.87. The molecule has 2 nitrogen and oxygen atoms in total. The lowest BCUT2D eigenvalue weighted by Gasteiger charge is -2.16. The van der Waals surface area contributed by atoms with E-state index in [1.807, 2.05) is 6.92 Å². The Morgan fingerprint density at radius 3 is 2.53 bits per heavy atom. The van der Waals surface area contributed by atoms with E-state index in [1.54, 1.807) is 0 Å². The lowest BCUT2D eigenvalue weighted by Crippen LogP contribution is -2.10. The van der Waals surface area contributed by atoms with Crippen LogP contribution in [0.15, 0.2) is 24.3 Å². The minimum Gasteiger partial charge on any atom is -0.377 e. The van der Waals surface area contributed by atoms with Gasteiger partial charge < -0.3 is 4.90 Å². The van der Waals surface area contributed by atoms with E-state index in [9.17, 15) is 0 Å². The molecule has 78 valence electrons. The van der Waals surface area contributed by atoms with Gasteiger partial charge in [0.2, 0.25) is 0 Å². The number of benzene rings is 1. The minimum absolute atomic E-state index is 1.07. The lowest BCUT2D eigenvalue weighted by molar-refractivity contribution is 1.12. The molecule has 1 heterocycles. The summed E-state index contributed by atoms with van der Waals surface area (Å²) in [5.41, 5.74) is 4.65. The quantitative estimate of drug-likeness (QED) is 0.703. The average Bonchev–Trinajstić information content (AvgIpc) is 2.18. The molecule has 0 saturated heterocycles. The van der Waals surface area contributed by atoms with E-state index in [0.717, 1.165) is 11.2 Å². The maximum atomic E-state index is 4.59. The summed E-state index contributed by atoms with van der Waals surface area (Å²) in [6.45, 7) is 4.15. The molecule has 1 aromatic carbocycles. The second-order valence-electron chi connectivity index (χ2n) is 4.15. The Morgan fingerprint density at radius 1 is 1.13 bits per heavy atom. The van der Waals surface area contributed by atoms with E-state index >= 15 is 0 Å². The molecule has 0 bridgehead atoms. The van der Waals surface area contributed by atoms with Crippen LogP contribution in [0.25, 0.3) is 10.9 Å². The van der Waals surface area contributed by atoms with Crippen molar-refractivity contribution in [3.8, 4) is 0 Å². The molecule has 2 rings (SSSR count). The van der Waals surface area contributed by atoms with Gasteiger partial charge in [-0.05, 0) is 25.5 Å². The Kier molecular flexibility index (Phi) is 2.35. The molecule has 0 aliphatic heterocycles.